The van der Waals surface area contributed by atoms with Crippen molar-refractivity contribution in [2.45, 2.75) is 27.0 Å². The molecule has 0 saturated heterocycles. The van der Waals surface area contributed by atoms with Gasteiger partial charge in [-0.1, -0.05) is 11.2 Å². The minimum Gasteiger partial charge on any atom is -0.423 e. The first-order valence-electron chi connectivity index (χ1n) is 6.68. The van der Waals surface area contributed by atoms with E-state index in [1.54, 1.807) is 18.2 Å². The predicted molar refractivity (Wildman–Crippen MR) is 76.0 cm³/mol. The van der Waals surface area contributed by atoms with Crippen LogP contribution in [-0.2, 0) is 17.8 Å². The van der Waals surface area contributed by atoms with Crippen molar-refractivity contribution in [1.82, 2.24) is 10.5 Å². The lowest BCUT2D eigenvalue weighted by molar-refractivity contribution is 0.0951. The second-order valence-electron chi connectivity index (χ2n) is 5.06. The smallest absolute Gasteiger partial charge is 0.423 e. The number of nitrogens with one attached hydrogen (secondary N) is 1. The lowest BCUT2D eigenvalue weighted by atomic mass is 9.79. The number of hydrogen-bond donors (Lipinski definition) is 2. The van der Waals surface area contributed by atoms with E-state index in [2.05, 4.69) is 10.5 Å². The molecule has 2 aromatic rings. The van der Waals surface area contributed by atoms with Gasteiger partial charge in [-0.15, -0.1) is 0 Å². The van der Waals surface area contributed by atoms with E-state index in [-0.39, 0.29) is 5.91 Å². The van der Waals surface area contributed by atoms with Crippen LogP contribution in [0.1, 0.15) is 32.9 Å². The summed E-state index contributed by atoms with van der Waals surface area (Å²) < 4.78 is 10.2. The quantitative estimate of drug-likeness (QED) is 0.800. The molecule has 6 nitrogen and oxygen atoms in total. The minimum absolute atomic E-state index is 0.211. The molecule has 1 amide bonds. The Balaban J connectivity index is 1.73. The van der Waals surface area contributed by atoms with Crippen LogP contribution >= 0.6 is 0 Å². The monoisotopic (exact) mass is 286 g/mol. The zero-order valence-corrected chi connectivity index (χ0v) is 11.8. The maximum atomic E-state index is 12.2. The molecule has 108 valence electrons. The minimum atomic E-state index is -0.949. The molecule has 0 spiro atoms. The summed E-state index contributed by atoms with van der Waals surface area (Å²) in [6.07, 6.45) is 0. The van der Waals surface area contributed by atoms with Gasteiger partial charge in [0.05, 0.1) is 12.3 Å². The Morgan fingerprint density at radius 1 is 1.48 bits per heavy atom. The number of benzene rings is 1. The van der Waals surface area contributed by atoms with Crippen LogP contribution < -0.4 is 10.8 Å². The second-order valence-corrected chi connectivity index (χ2v) is 5.06. The van der Waals surface area contributed by atoms with Crippen LogP contribution in [0.3, 0.4) is 0 Å². The van der Waals surface area contributed by atoms with E-state index in [0.717, 1.165) is 16.8 Å². The van der Waals surface area contributed by atoms with Crippen LogP contribution in [0.2, 0.25) is 0 Å². The highest BCUT2D eigenvalue weighted by Gasteiger charge is 2.28. The summed E-state index contributed by atoms with van der Waals surface area (Å²) in [6, 6.07) is 5.19. The third-order valence-corrected chi connectivity index (χ3v) is 3.68. The van der Waals surface area contributed by atoms with Gasteiger partial charge in [-0.3, -0.25) is 4.79 Å². The number of rotatable bonds is 3. The molecule has 1 aromatic carbocycles. The number of aromatic nitrogens is 1. The van der Waals surface area contributed by atoms with Gasteiger partial charge in [-0.25, -0.2) is 0 Å². The number of carbonyl (C=O) groups is 1. The maximum absolute atomic E-state index is 12.2. The Morgan fingerprint density at radius 2 is 2.29 bits per heavy atom. The Morgan fingerprint density at radius 3 is 3.00 bits per heavy atom. The van der Waals surface area contributed by atoms with E-state index in [0.29, 0.717) is 29.9 Å². The molecule has 2 N–H and O–H groups in total. The van der Waals surface area contributed by atoms with Gasteiger partial charge in [0, 0.05) is 17.7 Å². The second kappa shape index (κ2) is 5.35. The van der Waals surface area contributed by atoms with Crippen molar-refractivity contribution in [1.29, 1.82) is 0 Å². The molecule has 7 heteroatoms. The van der Waals surface area contributed by atoms with E-state index in [9.17, 15) is 9.82 Å². The summed E-state index contributed by atoms with van der Waals surface area (Å²) in [5.41, 5.74) is 3.70. The molecule has 0 unspecified atom stereocenters. The van der Waals surface area contributed by atoms with E-state index in [1.807, 2.05) is 13.8 Å². The van der Waals surface area contributed by atoms with Gasteiger partial charge in [0.25, 0.3) is 5.91 Å². The first-order chi connectivity index (χ1) is 10.1. The fourth-order valence-corrected chi connectivity index (χ4v) is 2.38. The normalized spacial score (nSPS) is 13.4. The molecule has 1 aliphatic rings. The highest BCUT2D eigenvalue weighted by Crippen LogP contribution is 2.13. The van der Waals surface area contributed by atoms with Gasteiger partial charge < -0.3 is 19.5 Å². The number of amides is 1. The number of carbonyl (C=O) groups excluding carboxylic acids is 1. The molecular formula is C14H15BN2O4. The van der Waals surface area contributed by atoms with Crippen LogP contribution in [0, 0.1) is 13.8 Å². The molecule has 0 radical (unpaired) electrons. The maximum Gasteiger partial charge on any atom is 0.491 e. The van der Waals surface area contributed by atoms with Gasteiger partial charge in [0.1, 0.15) is 5.76 Å². The molecular weight excluding hydrogens is 271 g/mol. The van der Waals surface area contributed by atoms with E-state index >= 15 is 0 Å². The Labute approximate surface area is 122 Å². The molecule has 1 aromatic heterocycles. The van der Waals surface area contributed by atoms with E-state index in [4.69, 9.17) is 9.18 Å². The molecule has 0 saturated carbocycles. The summed E-state index contributed by atoms with van der Waals surface area (Å²) in [5.74, 6) is 0.488. The largest absolute Gasteiger partial charge is 0.491 e. The average molecular weight is 286 g/mol. The Bertz CT molecular complexity index is 679. The zero-order chi connectivity index (χ0) is 15.0. The molecule has 1 aliphatic heterocycles. The van der Waals surface area contributed by atoms with E-state index in [1.165, 1.54) is 0 Å². The topological polar surface area (TPSA) is 84.6 Å². The number of nitrogens with zero attached hydrogens (tertiary/aromatic N) is 1. The van der Waals surface area contributed by atoms with Crippen molar-refractivity contribution >= 4 is 18.5 Å². The van der Waals surface area contributed by atoms with Crippen LogP contribution in [0.5, 0.6) is 0 Å². The molecule has 0 fully saturated rings. The third kappa shape index (κ3) is 2.57. The highest BCUT2D eigenvalue weighted by atomic mass is 16.5. The zero-order valence-electron chi connectivity index (χ0n) is 11.8. The van der Waals surface area contributed by atoms with Crippen molar-refractivity contribution < 1.29 is 19.0 Å². The Kier molecular flexibility index (Phi) is 3.53. The van der Waals surface area contributed by atoms with Crippen molar-refractivity contribution in [3.8, 4) is 0 Å². The Hall–Kier alpha value is -2.12. The molecule has 3 rings (SSSR count). The van der Waals surface area contributed by atoms with Gasteiger partial charge in [-0.2, -0.15) is 0 Å². The summed E-state index contributed by atoms with van der Waals surface area (Å²) in [7, 11) is -0.949. The van der Waals surface area contributed by atoms with Gasteiger partial charge in [0.2, 0.25) is 0 Å². The van der Waals surface area contributed by atoms with Crippen LogP contribution in [0.4, 0.5) is 0 Å². The molecule has 0 bridgehead atoms. The third-order valence-electron chi connectivity index (χ3n) is 3.68. The van der Waals surface area contributed by atoms with Crippen LogP contribution in [0.25, 0.3) is 0 Å². The van der Waals surface area contributed by atoms with Crippen molar-refractivity contribution in [2.75, 3.05) is 0 Å². The highest BCUT2D eigenvalue weighted by molar-refractivity contribution is 6.61. The fraction of sp³-hybridized carbons (Fsp3) is 0.286. The first-order valence-corrected chi connectivity index (χ1v) is 6.68. The summed E-state index contributed by atoms with van der Waals surface area (Å²) in [6.45, 7) is 4.37. The molecule has 21 heavy (non-hydrogen) atoms. The average Bonchev–Trinajstić information content (AvgIpc) is 3.00. The molecule has 0 atom stereocenters. The lowest BCUT2D eigenvalue weighted by Gasteiger charge is -2.06. The molecule has 2 heterocycles. The number of fused-ring (bicyclic) bond motifs is 1. The van der Waals surface area contributed by atoms with Crippen LogP contribution in [-0.4, -0.2) is 23.2 Å². The van der Waals surface area contributed by atoms with Crippen molar-refractivity contribution in [3.05, 3.63) is 46.3 Å². The van der Waals surface area contributed by atoms with Crippen molar-refractivity contribution in [3.63, 3.8) is 0 Å². The number of aryl methyl sites for hydroxylation is 2. The number of hydrogen-bond acceptors (Lipinski definition) is 5. The summed E-state index contributed by atoms with van der Waals surface area (Å²) in [5, 5.41) is 16.3. The lowest BCUT2D eigenvalue weighted by Crippen LogP contribution is -2.30. The van der Waals surface area contributed by atoms with Crippen molar-refractivity contribution in [2.24, 2.45) is 0 Å². The predicted octanol–water partition coefficient (Wildman–Crippen LogP) is 0.439. The summed E-state index contributed by atoms with van der Waals surface area (Å²) in [4.78, 5) is 12.2. The van der Waals surface area contributed by atoms with Gasteiger partial charge in [-0.05, 0) is 37.0 Å². The van der Waals surface area contributed by atoms with Gasteiger partial charge >= 0.3 is 7.12 Å². The van der Waals surface area contributed by atoms with Gasteiger partial charge in [0.15, 0.2) is 0 Å². The first kappa shape index (κ1) is 13.8. The SMILES string of the molecule is Cc1noc(C)c1CNC(=O)c1ccc2c(c1)B(O)OC2. The van der Waals surface area contributed by atoms with E-state index < -0.39 is 7.12 Å². The fourth-order valence-electron chi connectivity index (χ4n) is 2.38. The standard InChI is InChI=1S/C14H15BN2O4/c1-8-12(9(2)21-17-8)6-16-14(18)10-3-4-11-7-20-15(19)13(11)5-10/h3-5,19H,6-7H2,1-2H3,(H,16,18). The summed E-state index contributed by atoms with van der Waals surface area (Å²) >= 11 is 0. The van der Waals surface area contributed by atoms with Crippen LogP contribution in [0.15, 0.2) is 22.7 Å². The molecule has 0 aliphatic carbocycles.